The minimum Gasteiger partial charge on any atom is -0.352 e. The van der Waals surface area contributed by atoms with E-state index in [0.29, 0.717) is 12.5 Å². The number of hydrogen-bond donors (Lipinski definition) is 2. The summed E-state index contributed by atoms with van der Waals surface area (Å²) in [5.74, 6) is 1.35. The number of guanidine groups is 1. The Morgan fingerprint density at radius 3 is 2.70 bits per heavy atom. The van der Waals surface area contributed by atoms with Gasteiger partial charge in [-0.05, 0) is 37.5 Å². The van der Waals surface area contributed by atoms with Gasteiger partial charge in [0.15, 0.2) is 5.96 Å². The molecule has 30 heavy (non-hydrogen) atoms. The Bertz CT molecular complexity index is 856. The highest BCUT2D eigenvalue weighted by atomic mass is 16.2. The second-order valence-electron chi connectivity index (χ2n) is 8.26. The first-order chi connectivity index (χ1) is 14.7. The molecule has 2 N–H and O–H groups in total. The molecule has 1 aliphatic carbocycles. The van der Waals surface area contributed by atoms with Crippen molar-refractivity contribution in [2.45, 2.75) is 51.1 Å². The number of para-hydroxylation sites is 1. The maximum Gasteiger partial charge on any atom is 0.225 e. The summed E-state index contributed by atoms with van der Waals surface area (Å²) in [4.78, 5) is 19.2. The standard InChI is InChI=1S/C23H32N6O/c1-24-23(25-16-19-13-15-29(27-19)21-10-6-3-7-11-21)26-20-12-14-28(17-20)22(30)18-8-4-2-5-9-18/h3,6-7,10-11,13,15,18,20H,2,4-5,8-9,12,14,16-17H2,1H3,(H2,24,25,26). The fourth-order valence-electron chi connectivity index (χ4n) is 4.43. The predicted molar refractivity (Wildman–Crippen MR) is 118 cm³/mol. The maximum absolute atomic E-state index is 12.8. The Hall–Kier alpha value is -2.83. The first-order valence-corrected chi connectivity index (χ1v) is 11.1. The first-order valence-electron chi connectivity index (χ1n) is 11.1. The molecular formula is C23H32N6O. The lowest BCUT2D eigenvalue weighted by Gasteiger charge is -2.26. The molecule has 1 aromatic heterocycles. The summed E-state index contributed by atoms with van der Waals surface area (Å²) in [7, 11) is 1.78. The molecular weight excluding hydrogens is 376 g/mol. The van der Waals surface area contributed by atoms with Gasteiger partial charge in [-0.2, -0.15) is 5.10 Å². The molecule has 160 valence electrons. The molecule has 7 heteroatoms. The quantitative estimate of drug-likeness (QED) is 0.589. The number of benzene rings is 1. The number of amides is 1. The summed E-state index contributed by atoms with van der Waals surface area (Å²) in [6.07, 6.45) is 8.72. The number of rotatable bonds is 5. The Balaban J connectivity index is 1.25. The average Bonchev–Trinajstić information content (AvgIpc) is 3.47. The number of aliphatic imine (C=N–C) groups is 1. The van der Waals surface area contributed by atoms with E-state index in [2.05, 4.69) is 20.7 Å². The van der Waals surface area contributed by atoms with E-state index < -0.39 is 0 Å². The van der Waals surface area contributed by atoms with Gasteiger partial charge in [-0.15, -0.1) is 0 Å². The third kappa shape index (κ3) is 5.01. The summed E-state index contributed by atoms with van der Waals surface area (Å²) < 4.78 is 1.87. The van der Waals surface area contributed by atoms with Crippen LogP contribution in [0.4, 0.5) is 0 Å². The second-order valence-corrected chi connectivity index (χ2v) is 8.26. The van der Waals surface area contributed by atoms with Gasteiger partial charge >= 0.3 is 0 Å². The number of likely N-dealkylation sites (tertiary alicyclic amines) is 1. The summed E-state index contributed by atoms with van der Waals surface area (Å²) in [6.45, 7) is 2.20. The largest absolute Gasteiger partial charge is 0.352 e. The zero-order valence-electron chi connectivity index (χ0n) is 17.8. The van der Waals surface area contributed by atoms with Gasteiger partial charge in [-0.1, -0.05) is 37.5 Å². The Kier molecular flexibility index (Phi) is 6.67. The van der Waals surface area contributed by atoms with Crippen molar-refractivity contribution in [3.63, 3.8) is 0 Å². The minimum absolute atomic E-state index is 0.241. The highest BCUT2D eigenvalue weighted by Crippen LogP contribution is 2.26. The molecule has 1 saturated carbocycles. The first kappa shape index (κ1) is 20.4. The molecule has 2 fully saturated rings. The van der Waals surface area contributed by atoms with E-state index in [1.165, 1.54) is 19.3 Å². The van der Waals surface area contributed by atoms with Crippen LogP contribution in [0.15, 0.2) is 47.6 Å². The molecule has 1 saturated heterocycles. The van der Waals surface area contributed by atoms with Crippen LogP contribution in [0.1, 0.15) is 44.2 Å². The van der Waals surface area contributed by atoms with Crippen molar-refractivity contribution in [1.29, 1.82) is 0 Å². The fourth-order valence-corrected chi connectivity index (χ4v) is 4.43. The molecule has 0 bridgehead atoms. The van der Waals surface area contributed by atoms with Crippen LogP contribution in [0.2, 0.25) is 0 Å². The molecule has 1 amide bonds. The lowest BCUT2D eigenvalue weighted by Crippen LogP contribution is -2.45. The van der Waals surface area contributed by atoms with Gasteiger partial charge in [0.25, 0.3) is 0 Å². The van der Waals surface area contributed by atoms with E-state index in [-0.39, 0.29) is 12.0 Å². The van der Waals surface area contributed by atoms with Gasteiger partial charge in [0, 0.05) is 38.3 Å². The van der Waals surface area contributed by atoms with Gasteiger partial charge in [0.05, 0.1) is 17.9 Å². The zero-order chi connectivity index (χ0) is 20.8. The Labute approximate surface area is 178 Å². The number of nitrogens with one attached hydrogen (secondary N) is 2. The van der Waals surface area contributed by atoms with Crippen molar-refractivity contribution in [2.24, 2.45) is 10.9 Å². The van der Waals surface area contributed by atoms with Gasteiger partial charge in [-0.3, -0.25) is 9.79 Å². The highest BCUT2D eigenvalue weighted by Gasteiger charge is 2.31. The monoisotopic (exact) mass is 408 g/mol. The van der Waals surface area contributed by atoms with Gasteiger partial charge in [0.2, 0.25) is 5.91 Å². The number of carbonyl (C=O) groups is 1. The summed E-state index contributed by atoms with van der Waals surface area (Å²) in [5.41, 5.74) is 1.99. The third-order valence-electron chi connectivity index (χ3n) is 6.12. The summed E-state index contributed by atoms with van der Waals surface area (Å²) in [5, 5.41) is 11.4. The van der Waals surface area contributed by atoms with Gasteiger partial charge < -0.3 is 15.5 Å². The van der Waals surface area contributed by atoms with Crippen LogP contribution in [0, 0.1) is 5.92 Å². The van der Waals surface area contributed by atoms with Crippen molar-refractivity contribution >= 4 is 11.9 Å². The molecule has 2 aliphatic rings. The second kappa shape index (κ2) is 9.78. The van der Waals surface area contributed by atoms with Crippen LogP contribution in [0.5, 0.6) is 0 Å². The summed E-state index contributed by atoms with van der Waals surface area (Å²) >= 11 is 0. The van der Waals surface area contributed by atoms with E-state index in [1.807, 2.05) is 52.2 Å². The topological polar surface area (TPSA) is 74.6 Å². The number of carbonyl (C=O) groups excluding carboxylic acids is 1. The number of hydrogen-bond acceptors (Lipinski definition) is 3. The van der Waals surface area contributed by atoms with Crippen LogP contribution in [0.3, 0.4) is 0 Å². The lowest BCUT2D eigenvalue weighted by molar-refractivity contribution is -0.135. The Morgan fingerprint density at radius 2 is 1.93 bits per heavy atom. The zero-order valence-corrected chi connectivity index (χ0v) is 17.8. The highest BCUT2D eigenvalue weighted by molar-refractivity contribution is 5.81. The van der Waals surface area contributed by atoms with E-state index in [9.17, 15) is 4.79 Å². The van der Waals surface area contributed by atoms with Crippen molar-refractivity contribution in [3.05, 3.63) is 48.3 Å². The van der Waals surface area contributed by atoms with Crippen molar-refractivity contribution < 1.29 is 4.79 Å². The van der Waals surface area contributed by atoms with Crippen LogP contribution in [-0.2, 0) is 11.3 Å². The molecule has 0 spiro atoms. The van der Waals surface area contributed by atoms with Crippen LogP contribution in [0.25, 0.3) is 5.69 Å². The van der Waals surface area contributed by atoms with Gasteiger partial charge in [0.1, 0.15) is 0 Å². The van der Waals surface area contributed by atoms with E-state index in [1.54, 1.807) is 7.05 Å². The molecule has 1 aliphatic heterocycles. The summed E-state index contributed by atoms with van der Waals surface area (Å²) in [6, 6.07) is 12.3. The third-order valence-corrected chi connectivity index (χ3v) is 6.12. The average molecular weight is 409 g/mol. The van der Waals surface area contributed by atoms with Crippen LogP contribution >= 0.6 is 0 Å². The molecule has 2 heterocycles. The van der Waals surface area contributed by atoms with Crippen molar-refractivity contribution in [1.82, 2.24) is 25.3 Å². The normalized spacial score (nSPS) is 20.4. The molecule has 1 atom stereocenters. The molecule has 7 nitrogen and oxygen atoms in total. The fraction of sp³-hybridized carbons (Fsp3) is 0.522. The number of nitrogens with zero attached hydrogens (tertiary/aromatic N) is 4. The molecule has 4 rings (SSSR count). The van der Waals surface area contributed by atoms with Gasteiger partial charge in [-0.25, -0.2) is 4.68 Å². The van der Waals surface area contributed by atoms with Crippen molar-refractivity contribution in [2.75, 3.05) is 20.1 Å². The molecule has 2 aromatic rings. The van der Waals surface area contributed by atoms with E-state index in [0.717, 1.165) is 49.7 Å². The molecule has 0 radical (unpaired) electrons. The SMILES string of the molecule is CN=C(NCc1ccn(-c2ccccc2)n1)NC1CCN(C(=O)C2CCCCC2)C1. The predicted octanol–water partition coefficient (Wildman–Crippen LogP) is 2.72. The van der Waals surface area contributed by atoms with Crippen LogP contribution in [-0.4, -0.2) is 52.7 Å². The van der Waals surface area contributed by atoms with Crippen LogP contribution < -0.4 is 10.6 Å². The van der Waals surface area contributed by atoms with Crippen molar-refractivity contribution in [3.8, 4) is 5.69 Å². The number of aromatic nitrogens is 2. The maximum atomic E-state index is 12.8. The van der Waals surface area contributed by atoms with E-state index >= 15 is 0 Å². The smallest absolute Gasteiger partial charge is 0.225 e. The molecule has 1 aromatic carbocycles. The molecule has 1 unspecified atom stereocenters. The lowest BCUT2D eigenvalue weighted by atomic mass is 9.88. The Morgan fingerprint density at radius 1 is 1.13 bits per heavy atom. The van der Waals surface area contributed by atoms with E-state index in [4.69, 9.17) is 0 Å². The minimum atomic E-state index is 0.241.